The van der Waals surface area contributed by atoms with Crippen molar-refractivity contribution in [2.75, 3.05) is 13.1 Å². The molecule has 0 aliphatic carbocycles. The molecule has 26 heavy (non-hydrogen) atoms. The molecular formula is C21H21FN2O2. The second-order valence-electron chi connectivity index (χ2n) is 7.26. The van der Waals surface area contributed by atoms with Crippen LogP contribution in [0.25, 0.3) is 0 Å². The van der Waals surface area contributed by atoms with E-state index < -0.39 is 0 Å². The number of benzene rings is 2. The van der Waals surface area contributed by atoms with Gasteiger partial charge in [0.15, 0.2) is 0 Å². The topological polar surface area (TPSA) is 49.4 Å². The van der Waals surface area contributed by atoms with Gasteiger partial charge in [0.25, 0.3) is 5.91 Å². The highest BCUT2D eigenvalue weighted by Gasteiger charge is 2.42. The monoisotopic (exact) mass is 352 g/mol. The molecule has 1 fully saturated rings. The average Bonchev–Trinajstić information content (AvgIpc) is 3.00. The molecule has 0 bridgehead atoms. The number of rotatable bonds is 2. The van der Waals surface area contributed by atoms with Gasteiger partial charge in [0.1, 0.15) is 5.82 Å². The van der Waals surface area contributed by atoms with Gasteiger partial charge in [0.05, 0.1) is 12.0 Å². The third-order valence-corrected chi connectivity index (χ3v) is 5.49. The van der Waals surface area contributed by atoms with Gasteiger partial charge in [-0.3, -0.25) is 9.59 Å². The molecule has 1 N–H and O–H groups in total. The first-order chi connectivity index (χ1) is 12.5. The van der Waals surface area contributed by atoms with Crippen molar-refractivity contribution in [2.45, 2.75) is 31.2 Å². The Morgan fingerprint density at radius 3 is 2.69 bits per heavy atom. The summed E-state index contributed by atoms with van der Waals surface area (Å²) in [5.41, 5.74) is 2.25. The van der Waals surface area contributed by atoms with E-state index in [-0.39, 0.29) is 29.6 Å². The van der Waals surface area contributed by atoms with Gasteiger partial charge in [-0.05, 0) is 48.6 Å². The van der Waals surface area contributed by atoms with E-state index in [1.165, 1.54) is 12.1 Å². The molecule has 5 heteroatoms. The normalized spacial score (nSPS) is 22.0. The van der Waals surface area contributed by atoms with Gasteiger partial charge in [0.2, 0.25) is 5.91 Å². The summed E-state index contributed by atoms with van der Waals surface area (Å²) in [7, 11) is 0. The molecule has 4 rings (SSSR count). The highest BCUT2D eigenvalue weighted by molar-refractivity contribution is 5.96. The quantitative estimate of drug-likeness (QED) is 0.903. The van der Waals surface area contributed by atoms with Gasteiger partial charge in [-0.15, -0.1) is 0 Å². The van der Waals surface area contributed by atoms with Crippen molar-refractivity contribution in [1.82, 2.24) is 10.2 Å². The Morgan fingerprint density at radius 2 is 1.88 bits per heavy atom. The van der Waals surface area contributed by atoms with Gasteiger partial charge < -0.3 is 10.2 Å². The number of amides is 2. The molecule has 2 aliphatic heterocycles. The van der Waals surface area contributed by atoms with Gasteiger partial charge >= 0.3 is 0 Å². The van der Waals surface area contributed by atoms with Crippen molar-refractivity contribution in [3.8, 4) is 0 Å². The molecule has 1 unspecified atom stereocenters. The van der Waals surface area contributed by atoms with Crippen LogP contribution in [0.5, 0.6) is 0 Å². The van der Waals surface area contributed by atoms with Gasteiger partial charge in [-0.2, -0.15) is 0 Å². The molecule has 2 aromatic rings. The summed E-state index contributed by atoms with van der Waals surface area (Å²) >= 11 is 0. The lowest BCUT2D eigenvalue weighted by Crippen LogP contribution is -2.50. The maximum Gasteiger partial charge on any atom is 0.252 e. The summed E-state index contributed by atoms with van der Waals surface area (Å²) in [5, 5.41) is 3.18. The third kappa shape index (κ3) is 3.21. The Bertz CT molecular complexity index is 849. The summed E-state index contributed by atoms with van der Waals surface area (Å²) in [4.78, 5) is 27.1. The maximum absolute atomic E-state index is 13.0. The van der Waals surface area contributed by atoms with Crippen LogP contribution in [0.4, 0.5) is 4.39 Å². The number of nitrogens with one attached hydrogen (secondary N) is 1. The SMILES string of the molecule is O=C1NC2(CCc3ccccc31)CCN(C(=O)Cc1ccc(F)cc1)C2. The summed E-state index contributed by atoms with van der Waals surface area (Å²) in [6.45, 7) is 1.17. The first-order valence-electron chi connectivity index (χ1n) is 8.97. The summed E-state index contributed by atoms with van der Waals surface area (Å²) in [5.74, 6) is -0.336. The van der Waals surface area contributed by atoms with Crippen molar-refractivity contribution in [3.63, 3.8) is 0 Å². The summed E-state index contributed by atoms with van der Waals surface area (Å²) in [6, 6.07) is 13.7. The molecule has 2 aromatic carbocycles. The molecule has 0 aromatic heterocycles. The van der Waals surface area contributed by atoms with E-state index in [1.807, 2.05) is 29.2 Å². The molecule has 1 spiro atoms. The zero-order valence-electron chi connectivity index (χ0n) is 14.5. The van der Waals surface area contributed by atoms with E-state index in [0.29, 0.717) is 13.1 Å². The molecule has 2 aliphatic rings. The first kappa shape index (κ1) is 16.8. The maximum atomic E-state index is 13.0. The fourth-order valence-electron chi connectivity index (χ4n) is 3.98. The predicted molar refractivity (Wildman–Crippen MR) is 96.3 cm³/mol. The van der Waals surface area contributed by atoms with Crippen LogP contribution in [0.1, 0.15) is 34.3 Å². The molecular weight excluding hydrogens is 331 g/mol. The van der Waals surface area contributed by atoms with E-state index in [2.05, 4.69) is 5.32 Å². The lowest BCUT2D eigenvalue weighted by molar-refractivity contribution is -0.129. The number of fused-ring (bicyclic) bond motifs is 1. The van der Waals surface area contributed by atoms with E-state index in [9.17, 15) is 14.0 Å². The first-order valence-corrected chi connectivity index (χ1v) is 8.97. The van der Waals surface area contributed by atoms with Crippen molar-refractivity contribution < 1.29 is 14.0 Å². The Morgan fingerprint density at radius 1 is 1.12 bits per heavy atom. The van der Waals surface area contributed by atoms with Crippen LogP contribution in [-0.4, -0.2) is 35.3 Å². The van der Waals surface area contributed by atoms with Crippen molar-refractivity contribution in [2.24, 2.45) is 0 Å². The second-order valence-corrected chi connectivity index (χ2v) is 7.26. The Labute approximate surface area is 152 Å². The minimum atomic E-state index is -0.353. The molecule has 0 radical (unpaired) electrons. The van der Waals surface area contributed by atoms with E-state index in [0.717, 1.165) is 36.0 Å². The van der Waals surface area contributed by atoms with Gasteiger partial charge in [-0.1, -0.05) is 30.3 Å². The lowest BCUT2D eigenvalue weighted by atomic mass is 9.91. The summed E-state index contributed by atoms with van der Waals surface area (Å²) in [6.07, 6.45) is 2.68. The fraction of sp³-hybridized carbons (Fsp3) is 0.333. The van der Waals surface area contributed by atoms with Crippen LogP contribution in [0.3, 0.4) is 0 Å². The van der Waals surface area contributed by atoms with Crippen molar-refractivity contribution in [3.05, 3.63) is 71.0 Å². The standard InChI is InChI=1S/C21H21FN2O2/c22-17-7-5-15(6-8-17)13-19(25)24-12-11-21(14-24)10-9-16-3-1-2-4-18(16)20(26)23-21/h1-8H,9-14H2,(H,23,26). The number of aryl methyl sites for hydroxylation is 1. The minimum Gasteiger partial charge on any atom is -0.345 e. The van der Waals surface area contributed by atoms with E-state index >= 15 is 0 Å². The van der Waals surface area contributed by atoms with Gasteiger partial charge in [0, 0.05) is 18.7 Å². The van der Waals surface area contributed by atoms with E-state index in [1.54, 1.807) is 12.1 Å². The van der Waals surface area contributed by atoms with Crippen LogP contribution in [0.15, 0.2) is 48.5 Å². The molecule has 1 saturated heterocycles. The number of carbonyl (C=O) groups excluding carboxylic acids is 2. The Balaban J connectivity index is 1.45. The van der Waals surface area contributed by atoms with Crippen LogP contribution >= 0.6 is 0 Å². The summed E-state index contributed by atoms with van der Waals surface area (Å²) < 4.78 is 13.0. The van der Waals surface area contributed by atoms with Crippen molar-refractivity contribution >= 4 is 11.8 Å². The zero-order chi connectivity index (χ0) is 18.1. The third-order valence-electron chi connectivity index (χ3n) is 5.49. The smallest absolute Gasteiger partial charge is 0.252 e. The Kier molecular flexibility index (Phi) is 4.23. The highest BCUT2D eigenvalue weighted by atomic mass is 19.1. The number of hydrogen-bond acceptors (Lipinski definition) is 2. The zero-order valence-corrected chi connectivity index (χ0v) is 14.5. The van der Waals surface area contributed by atoms with Gasteiger partial charge in [-0.25, -0.2) is 4.39 Å². The molecule has 2 amide bonds. The number of halogens is 1. The van der Waals surface area contributed by atoms with Crippen LogP contribution in [-0.2, 0) is 17.6 Å². The lowest BCUT2D eigenvalue weighted by Gasteiger charge is -2.29. The number of nitrogens with zero attached hydrogens (tertiary/aromatic N) is 1. The number of likely N-dealkylation sites (tertiary alicyclic amines) is 1. The van der Waals surface area contributed by atoms with Crippen LogP contribution in [0, 0.1) is 5.82 Å². The Hall–Kier alpha value is -2.69. The predicted octanol–water partition coefficient (Wildman–Crippen LogP) is 2.72. The molecule has 4 nitrogen and oxygen atoms in total. The number of hydrogen-bond donors (Lipinski definition) is 1. The molecule has 0 saturated carbocycles. The fourth-order valence-corrected chi connectivity index (χ4v) is 3.98. The molecule has 1 atom stereocenters. The average molecular weight is 352 g/mol. The van der Waals surface area contributed by atoms with Crippen molar-refractivity contribution in [1.29, 1.82) is 0 Å². The van der Waals surface area contributed by atoms with E-state index in [4.69, 9.17) is 0 Å². The molecule has 2 heterocycles. The van der Waals surface area contributed by atoms with Crippen LogP contribution < -0.4 is 5.32 Å². The largest absolute Gasteiger partial charge is 0.345 e. The van der Waals surface area contributed by atoms with Crippen LogP contribution in [0.2, 0.25) is 0 Å². The second kappa shape index (κ2) is 6.56. The number of carbonyl (C=O) groups is 2. The minimum absolute atomic E-state index is 0.0180. The highest BCUT2D eigenvalue weighted by Crippen LogP contribution is 2.31. The molecule has 134 valence electrons.